The van der Waals surface area contributed by atoms with Crippen molar-refractivity contribution in [2.45, 2.75) is 25.5 Å². The summed E-state index contributed by atoms with van der Waals surface area (Å²) in [6.45, 7) is 6.31. The van der Waals surface area contributed by atoms with Crippen LogP contribution in [0, 0.1) is 0 Å². The number of hydrogen-bond donors (Lipinski definition) is 1. The molecule has 1 fully saturated rings. The third kappa shape index (κ3) is 3.33. The van der Waals surface area contributed by atoms with Gasteiger partial charge in [0.15, 0.2) is 0 Å². The predicted octanol–water partition coefficient (Wildman–Crippen LogP) is 2.88. The maximum Gasteiger partial charge on any atom is 0.0897 e. The molecule has 0 aromatic carbocycles. The number of thiophene rings is 1. The van der Waals surface area contributed by atoms with Crippen molar-refractivity contribution in [3.63, 3.8) is 0 Å². The van der Waals surface area contributed by atoms with Gasteiger partial charge in [-0.05, 0) is 46.9 Å². The van der Waals surface area contributed by atoms with Crippen molar-refractivity contribution in [3.8, 4) is 0 Å². The summed E-state index contributed by atoms with van der Waals surface area (Å²) >= 11 is 5.35. The normalized spacial score (nSPS) is 23.2. The van der Waals surface area contributed by atoms with Crippen LogP contribution < -0.4 is 5.32 Å². The average Bonchev–Trinajstić information content (AvgIpc) is 2.78. The highest BCUT2D eigenvalue weighted by molar-refractivity contribution is 9.10. The lowest BCUT2D eigenvalue weighted by molar-refractivity contribution is -0.0459. The fourth-order valence-electron chi connectivity index (χ4n) is 2.51. The second kappa shape index (κ2) is 7.01. The van der Waals surface area contributed by atoms with Crippen LogP contribution in [0.25, 0.3) is 0 Å². The Morgan fingerprint density at radius 2 is 2.44 bits per heavy atom. The van der Waals surface area contributed by atoms with Gasteiger partial charge in [-0.3, -0.25) is 4.90 Å². The molecular formula is C13H21BrN2OS. The summed E-state index contributed by atoms with van der Waals surface area (Å²) in [5.74, 6) is 0. The fraction of sp³-hybridized carbons (Fsp3) is 0.692. The van der Waals surface area contributed by atoms with E-state index >= 15 is 0 Å². The summed E-state index contributed by atoms with van der Waals surface area (Å²) in [6, 6.07) is 0.269. The minimum absolute atomic E-state index is 0.237. The first-order valence-electron chi connectivity index (χ1n) is 6.49. The molecule has 3 nitrogen and oxygen atoms in total. The third-order valence-corrected chi connectivity index (χ3v) is 5.13. The summed E-state index contributed by atoms with van der Waals surface area (Å²) in [7, 11) is 2.01. The van der Waals surface area contributed by atoms with Gasteiger partial charge < -0.3 is 10.1 Å². The average molecular weight is 333 g/mol. The first-order valence-corrected chi connectivity index (χ1v) is 8.22. The molecule has 0 spiro atoms. The van der Waals surface area contributed by atoms with Crippen LogP contribution in [0.3, 0.4) is 0 Å². The highest BCUT2D eigenvalue weighted by Crippen LogP contribution is 2.31. The Hall–Kier alpha value is 0.0600. The van der Waals surface area contributed by atoms with E-state index in [0.717, 1.165) is 19.7 Å². The molecule has 1 saturated heterocycles. The molecular weight excluding hydrogens is 312 g/mol. The van der Waals surface area contributed by atoms with E-state index in [1.165, 1.54) is 23.0 Å². The topological polar surface area (TPSA) is 24.5 Å². The Kier molecular flexibility index (Phi) is 5.63. The molecule has 1 aromatic rings. The molecule has 2 atom stereocenters. The van der Waals surface area contributed by atoms with Crippen molar-refractivity contribution >= 4 is 27.3 Å². The zero-order valence-electron chi connectivity index (χ0n) is 11.0. The van der Waals surface area contributed by atoms with E-state index in [-0.39, 0.29) is 12.1 Å². The van der Waals surface area contributed by atoms with Crippen LogP contribution in [-0.4, -0.2) is 44.3 Å². The largest absolute Gasteiger partial charge is 0.374 e. The van der Waals surface area contributed by atoms with Crippen LogP contribution in [-0.2, 0) is 4.74 Å². The SMILES string of the molecule is CCCN1CCOC(C(NC)c2cscc2Br)C1. The maximum absolute atomic E-state index is 5.97. The molecule has 102 valence electrons. The summed E-state index contributed by atoms with van der Waals surface area (Å²) in [6.07, 6.45) is 1.44. The summed E-state index contributed by atoms with van der Waals surface area (Å²) in [4.78, 5) is 2.50. The van der Waals surface area contributed by atoms with Crippen LogP contribution in [0.5, 0.6) is 0 Å². The van der Waals surface area contributed by atoms with Gasteiger partial charge in [0.1, 0.15) is 0 Å². The summed E-state index contributed by atoms with van der Waals surface area (Å²) in [5.41, 5.74) is 1.31. The van der Waals surface area contributed by atoms with Gasteiger partial charge in [-0.2, -0.15) is 11.3 Å². The quantitative estimate of drug-likeness (QED) is 0.897. The van der Waals surface area contributed by atoms with Crippen LogP contribution >= 0.6 is 27.3 Å². The number of likely N-dealkylation sites (N-methyl/N-ethyl adjacent to an activating group) is 1. The Morgan fingerprint density at radius 3 is 3.06 bits per heavy atom. The van der Waals surface area contributed by atoms with Crippen molar-refractivity contribution in [2.75, 3.05) is 33.3 Å². The van der Waals surface area contributed by atoms with Gasteiger partial charge in [0.2, 0.25) is 0 Å². The molecule has 2 heterocycles. The van der Waals surface area contributed by atoms with E-state index in [2.05, 4.69) is 43.8 Å². The fourth-order valence-corrected chi connectivity index (χ4v) is 4.09. The van der Waals surface area contributed by atoms with E-state index in [1.54, 1.807) is 11.3 Å². The Morgan fingerprint density at radius 1 is 1.61 bits per heavy atom. The van der Waals surface area contributed by atoms with Crippen molar-refractivity contribution in [1.82, 2.24) is 10.2 Å². The molecule has 18 heavy (non-hydrogen) atoms. The van der Waals surface area contributed by atoms with Gasteiger partial charge in [0.05, 0.1) is 18.8 Å². The number of rotatable bonds is 5. The molecule has 2 rings (SSSR count). The zero-order chi connectivity index (χ0) is 13.0. The number of nitrogens with one attached hydrogen (secondary N) is 1. The number of ether oxygens (including phenoxy) is 1. The van der Waals surface area contributed by atoms with Crippen molar-refractivity contribution in [1.29, 1.82) is 0 Å². The second-order valence-corrected chi connectivity index (χ2v) is 6.25. The van der Waals surface area contributed by atoms with Crippen LogP contribution in [0.4, 0.5) is 0 Å². The number of hydrogen-bond acceptors (Lipinski definition) is 4. The van der Waals surface area contributed by atoms with Crippen LogP contribution in [0.2, 0.25) is 0 Å². The van der Waals surface area contributed by atoms with Crippen LogP contribution in [0.1, 0.15) is 24.9 Å². The molecule has 0 aliphatic carbocycles. The standard InChI is InChI=1S/C13H21BrN2OS/c1-3-4-16-5-6-17-12(7-16)13(15-2)10-8-18-9-11(10)14/h8-9,12-13,15H,3-7H2,1-2H3. The smallest absolute Gasteiger partial charge is 0.0897 e. The molecule has 0 bridgehead atoms. The molecule has 0 radical (unpaired) electrons. The lowest BCUT2D eigenvalue weighted by Crippen LogP contribution is -2.47. The lowest BCUT2D eigenvalue weighted by Gasteiger charge is -2.36. The lowest BCUT2D eigenvalue weighted by atomic mass is 10.0. The summed E-state index contributed by atoms with van der Waals surface area (Å²) < 4.78 is 7.15. The molecule has 1 aromatic heterocycles. The summed E-state index contributed by atoms with van der Waals surface area (Å²) in [5, 5.41) is 7.74. The molecule has 5 heteroatoms. The number of halogens is 1. The molecule has 2 unspecified atom stereocenters. The first-order chi connectivity index (χ1) is 8.76. The van der Waals surface area contributed by atoms with Gasteiger partial charge in [0, 0.05) is 22.9 Å². The van der Waals surface area contributed by atoms with E-state index in [1.807, 2.05) is 7.05 Å². The van der Waals surface area contributed by atoms with Gasteiger partial charge in [-0.25, -0.2) is 0 Å². The van der Waals surface area contributed by atoms with Gasteiger partial charge in [-0.15, -0.1) is 0 Å². The van der Waals surface area contributed by atoms with Crippen LogP contribution in [0.15, 0.2) is 15.2 Å². The van der Waals surface area contributed by atoms with Gasteiger partial charge >= 0.3 is 0 Å². The van der Waals surface area contributed by atoms with Crippen molar-refractivity contribution in [3.05, 3.63) is 20.8 Å². The minimum atomic E-state index is 0.237. The molecule has 1 N–H and O–H groups in total. The van der Waals surface area contributed by atoms with Gasteiger partial charge in [0.25, 0.3) is 0 Å². The highest BCUT2D eigenvalue weighted by Gasteiger charge is 2.29. The van der Waals surface area contributed by atoms with Crippen molar-refractivity contribution in [2.24, 2.45) is 0 Å². The molecule has 1 aliphatic rings. The first kappa shape index (κ1) is 14.5. The highest BCUT2D eigenvalue weighted by atomic mass is 79.9. The molecule has 0 saturated carbocycles. The number of morpholine rings is 1. The molecule has 0 amide bonds. The van der Waals surface area contributed by atoms with Gasteiger partial charge in [-0.1, -0.05) is 6.92 Å². The third-order valence-electron chi connectivity index (χ3n) is 3.38. The minimum Gasteiger partial charge on any atom is -0.374 e. The van der Waals surface area contributed by atoms with E-state index in [4.69, 9.17) is 4.74 Å². The Bertz CT molecular complexity index is 370. The van der Waals surface area contributed by atoms with E-state index in [9.17, 15) is 0 Å². The molecule has 1 aliphatic heterocycles. The monoisotopic (exact) mass is 332 g/mol. The zero-order valence-corrected chi connectivity index (χ0v) is 13.4. The Labute approximate surface area is 122 Å². The second-order valence-electron chi connectivity index (χ2n) is 4.65. The Balaban J connectivity index is 2.06. The number of nitrogens with zero attached hydrogens (tertiary/aromatic N) is 1. The maximum atomic E-state index is 5.97. The van der Waals surface area contributed by atoms with E-state index < -0.39 is 0 Å². The van der Waals surface area contributed by atoms with E-state index in [0.29, 0.717) is 0 Å². The predicted molar refractivity (Wildman–Crippen MR) is 80.3 cm³/mol. The van der Waals surface area contributed by atoms with Crippen molar-refractivity contribution < 1.29 is 4.74 Å².